The van der Waals surface area contributed by atoms with Crippen LogP contribution in [-0.4, -0.2) is 54.1 Å². The molecule has 1 amide bonds. The molecule has 2 aromatic rings. The Hall–Kier alpha value is -2.57. The largest absolute Gasteiger partial charge is 0.478 e. The van der Waals surface area contributed by atoms with Crippen molar-refractivity contribution in [3.63, 3.8) is 0 Å². The molecule has 6 nitrogen and oxygen atoms in total. The molecule has 0 aromatic heterocycles. The van der Waals surface area contributed by atoms with Crippen LogP contribution < -0.4 is 10.2 Å². The Kier molecular flexibility index (Phi) is 7.34. The number of aromatic carboxylic acids is 1. The normalized spacial score (nSPS) is 15.6. The average molecular weight is 430 g/mol. The number of hydrogen-bond acceptors (Lipinski definition) is 4. The van der Waals surface area contributed by atoms with Crippen molar-refractivity contribution in [3.8, 4) is 0 Å². The zero-order chi connectivity index (χ0) is 21.7. The molecule has 1 heterocycles. The number of rotatable bonds is 7. The Morgan fingerprint density at radius 3 is 2.50 bits per heavy atom. The van der Waals surface area contributed by atoms with E-state index < -0.39 is 5.97 Å². The summed E-state index contributed by atoms with van der Waals surface area (Å²) in [5, 5.41) is 13.0. The SMILES string of the molecule is CCC[C@@H](C)N1CCN(c2ccc(NC(=O)c3cccc(Cl)c3)cc2C(=O)O)CC1. The highest BCUT2D eigenvalue weighted by Crippen LogP contribution is 2.27. The molecular weight excluding hydrogens is 402 g/mol. The first-order chi connectivity index (χ1) is 14.4. The van der Waals surface area contributed by atoms with E-state index in [1.807, 2.05) is 0 Å². The Bertz CT molecular complexity index is 910. The number of carboxylic acids is 1. The second-order valence-electron chi connectivity index (χ2n) is 7.66. The molecule has 0 bridgehead atoms. The fraction of sp³-hybridized carbons (Fsp3) is 0.391. The summed E-state index contributed by atoms with van der Waals surface area (Å²) in [6.07, 6.45) is 2.33. The van der Waals surface area contributed by atoms with Crippen LogP contribution in [0.2, 0.25) is 5.02 Å². The molecular formula is C23H28ClN3O3. The van der Waals surface area contributed by atoms with Crippen LogP contribution in [0, 0.1) is 0 Å². The van der Waals surface area contributed by atoms with Crippen LogP contribution >= 0.6 is 11.6 Å². The van der Waals surface area contributed by atoms with Gasteiger partial charge in [0.05, 0.1) is 11.3 Å². The van der Waals surface area contributed by atoms with Gasteiger partial charge in [0, 0.05) is 48.5 Å². The van der Waals surface area contributed by atoms with Gasteiger partial charge in [0.25, 0.3) is 5.91 Å². The molecule has 0 spiro atoms. The van der Waals surface area contributed by atoms with Crippen molar-refractivity contribution in [1.82, 2.24) is 4.90 Å². The van der Waals surface area contributed by atoms with Gasteiger partial charge in [0.15, 0.2) is 0 Å². The van der Waals surface area contributed by atoms with E-state index in [1.165, 1.54) is 12.5 Å². The fourth-order valence-electron chi connectivity index (χ4n) is 3.90. The third-order valence-electron chi connectivity index (χ3n) is 5.56. The second-order valence-corrected chi connectivity index (χ2v) is 8.10. The zero-order valence-electron chi connectivity index (χ0n) is 17.4. The Balaban J connectivity index is 1.73. The van der Waals surface area contributed by atoms with Crippen molar-refractivity contribution >= 4 is 34.9 Å². The highest BCUT2D eigenvalue weighted by Gasteiger charge is 2.24. The molecule has 1 saturated heterocycles. The lowest BCUT2D eigenvalue weighted by Gasteiger charge is -2.39. The van der Waals surface area contributed by atoms with Crippen LogP contribution in [0.1, 0.15) is 47.4 Å². The number of nitrogens with zero attached hydrogens (tertiary/aromatic N) is 2. The molecule has 0 saturated carbocycles. The van der Waals surface area contributed by atoms with Gasteiger partial charge >= 0.3 is 5.97 Å². The minimum atomic E-state index is -1.01. The van der Waals surface area contributed by atoms with Crippen LogP contribution in [0.15, 0.2) is 42.5 Å². The highest BCUT2D eigenvalue weighted by molar-refractivity contribution is 6.31. The van der Waals surface area contributed by atoms with Crippen LogP contribution in [0.3, 0.4) is 0 Å². The number of nitrogens with one attached hydrogen (secondary N) is 1. The van der Waals surface area contributed by atoms with Gasteiger partial charge < -0.3 is 15.3 Å². The van der Waals surface area contributed by atoms with Crippen molar-refractivity contribution in [1.29, 1.82) is 0 Å². The lowest BCUT2D eigenvalue weighted by atomic mass is 10.1. The lowest BCUT2D eigenvalue weighted by Crippen LogP contribution is -2.49. The second kappa shape index (κ2) is 9.96. The quantitative estimate of drug-likeness (QED) is 0.672. The molecule has 1 atom stereocenters. The van der Waals surface area contributed by atoms with Crippen molar-refractivity contribution in [2.45, 2.75) is 32.7 Å². The van der Waals surface area contributed by atoms with Crippen molar-refractivity contribution < 1.29 is 14.7 Å². The van der Waals surface area contributed by atoms with Crippen LogP contribution in [0.25, 0.3) is 0 Å². The number of carbonyl (C=O) groups excluding carboxylic acids is 1. The van der Waals surface area contributed by atoms with Crippen molar-refractivity contribution in [2.75, 3.05) is 36.4 Å². The van der Waals surface area contributed by atoms with E-state index in [4.69, 9.17) is 11.6 Å². The number of carboxylic acid groups (broad SMARTS) is 1. The Morgan fingerprint density at radius 1 is 1.13 bits per heavy atom. The van der Waals surface area contributed by atoms with E-state index in [2.05, 4.69) is 29.0 Å². The van der Waals surface area contributed by atoms with Gasteiger partial charge in [-0.15, -0.1) is 0 Å². The average Bonchev–Trinajstić information content (AvgIpc) is 2.74. The maximum Gasteiger partial charge on any atom is 0.337 e. The topological polar surface area (TPSA) is 72.9 Å². The van der Waals surface area contributed by atoms with E-state index in [9.17, 15) is 14.7 Å². The van der Waals surface area contributed by atoms with Crippen LogP contribution in [0.4, 0.5) is 11.4 Å². The number of carbonyl (C=O) groups is 2. The molecule has 1 aliphatic heterocycles. The predicted octanol–water partition coefficient (Wildman–Crippen LogP) is 4.60. The number of benzene rings is 2. The Morgan fingerprint density at radius 2 is 1.87 bits per heavy atom. The molecule has 1 fully saturated rings. The van der Waals surface area contributed by atoms with Crippen molar-refractivity contribution in [3.05, 3.63) is 58.6 Å². The van der Waals surface area contributed by atoms with Crippen molar-refractivity contribution in [2.24, 2.45) is 0 Å². The summed E-state index contributed by atoms with van der Waals surface area (Å²) in [6, 6.07) is 12.2. The van der Waals surface area contributed by atoms with Gasteiger partial charge in [-0.3, -0.25) is 9.69 Å². The van der Waals surface area contributed by atoms with Gasteiger partial charge in [0.2, 0.25) is 0 Å². The summed E-state index contributed by atoms with van der Waals surface area (Å²) >= 11 is 5.95. The third kappa shape index (κ3) is 5.32. The molecule has 1 aliphatic rings. The molecule has 0 unspecified atom stereocenters. The van der Waals surface area contributed by atoms with E-state index in [1.54, 1.807) is 36.4 Å². The monoisotopic (exact) mass is 429 g/mol. The molecule has 0 radical (unpaired) electrons. The van der Waals surface area contributed by atoms with Gasteiger partial charge in [0.1, 0.15) is 0 Å². The molecule has 160 valence electrons. The number of hydrogen-bond donors (Lipinski definition) is 2. The number of amides is 1. The lowest BCUT2D eigenvalue weighted by molar-refractivity contribution is 0.0697. The zero-order valence-corrected chi connectivity index (χ0v) is 18.2. The van der Waals surface area contributed by atoms with E-state index in [-0.39, 0.29) is 11.5 Å². The van der Waals surface area contributed by atoms with Gasteiger partial charge in [-0.25, -0.2) is 4.79 Å². The number of anilines is 2. The van der Waals surface area contributed by atoms with Gasteiger partial charge in [-0.1, -0.05) is 31.0 Å². The van der Waals surface area contributed by atoms with E-state index in [0.29, 0.717) is 28.0 Å². The smallest absolute Gasteiger partial charge is 0.337 e. The number of halogens is 1. The minimum Gasteiger partial charge on any atom is -0.478 e. The molecule has 3 rings (SSSR count). The fourth-order valence-corrected chi connectivity index (χ4v) is 4.09. The standard InChI is InChI=1S/C23H28ClN3O3/c1-3-5-16(2)26-10-12-27(13-11-26)21-9-8-19(15-20(21)23(29)30)25-22(28)17-6-4-7-18(24)14-17/h4,6-9,14-16H,3,5,10-13H2,1-2H3,(H,25,28)(H,29,30)/t16-/m1/s1. The van der Waals surface area contributed by atoms with Crippen LogP contribution in [0.5, 0.6) is 0 Å². The predicted molar refractivity (Wildman–Crippen MR) is 121 cm³/mol. The highest BCUT2D eigenvalue weighted by atomic mass is 35.5. The first-order valence-corrected chi connectivity index (χ1v) is 10.7. The molecule has 2 aromatic carbocycles. The molecule has 7 heteroatoms. The summed E-state index contributed by atoms with van der Waals surface area (Å²) in [7, 11) is 0. The van der Waals surface area contributed by atoms with E-state index in [0.717, 1.165) is 32.6 Å². The third-order valence-corrected chi connectivity index (χ3v) is 5.79. The summed E-state index contributed by atoms with van der Waals surface area (Å²) < 4.78 is 0. The molecule has 0 aliphatic carbocycles. The van der Waals surface area contributed by atoms with Crippen LogP contribution in [-0.2, 0) is 0 Å². The summed E-state index contributed by atoms with van der Waals surface area (Å²) in [6.45, 7) is 7.82. The summed E-state index contributed by atoms with van der Waals surface area (Å²) in [5.74, 6) is -1.34. The summed E-state index contributed by atoms with van der Waals surface area (Å²) in [5.41, 5.74) is 1.73. The minimum absolute atomic E-state index is 0.189. The number of piperazine rings is 1. The first-order valence-electron chi connectivity index (χ1n) is 10.3. The van der Waals surface area contributed by atoms with E-state index >= 15 is 0 Å². The van der Waals surface area contributed by atoms with Gasteiger partial charge in [-0.2, -0.15) is 0 Å². The maximum absolute atomic E-state index is 12.5. The van der Waals surface area contributed by atoms with Gasteiger partial charge in [-0.05, 0) is 49.7 Å². The molecule has 2 N–H and O–H groups in total. The maximum atomic E-state index is 12.5. The summed E-state index contributed by atoms with van der Waals surface area (Å²) in [4.78, 5) is 28.9. The molecule has 30 heavy (non-hydrogen) atoms. The Labute approximate surface area is 182 Å². The first kappa shape index (κ1) is 22.1.